The topological polar surface area (TPSA) is 72.1 Å². The molecule has 0 spiro atoms. The van der Waals surface area contributed by atoms with E-state index in [9.17, 15) is 4.79 Å². The monoisotopic (exact) mass is 274 g/mol. The summed E-state index contributed by atoms with van der Waals surface area (Å²) >= 11 is 0. The zero-order chi connectivity index (χ0) is 14.1. The van der Waals surface area contributed by atoms with Gasteiger partial charge in [0.05, 0.1) is 24.4 Å². The van der Waals surface area contributed by atoms with Crippen molar-refractivity contribution >= 4 is 11.7 Å². The van der Waals surface area contributed by atoms with E-state index < -0.39 is 0 Å². The first kappa shape index (κ1) is 12.8. The zero-order valence-electron chi connectivity index (χ0n) is 11.6. The SMILES string of the molecule is Cc1nn(C)c2c1CC(NC(=O)Cc1ccco1)CN2. The molecular weight excluding hydrogens is 256 g/mol. The summed E-state index contributed by atoms with van der Waals surface area (Å²) in [6, 6.07) is 3.69. The third-order valence-electron chi connectivity index (χ3n) is 3.59. The van der Waals surface area contributed by atoms with Gasteiger partial charge in [-0.2, -0.15) is 5.10 Å². The lowest BCUT2D eigenvalue weighted by molar-refractivity contribution is -0.121. The van der Waals surface area contributed by atoms with Crippen LogP contribution in [0.4, 0.5) is 5.82 Å². The number of nitrogens with one attached hydrogen (secondary N) is 2. The van der Waals surface area contributed by atoms with E-state index in [1.54, 1.807) is 12.3 Å². The third-order valence-corrected chi connectivity index (χ3v) is 3.59. The number of carbonyl (C=O) groups excluding carboxylic acids is 1. The number of nitrogens with zero attached hydrogens (tertiary/aromatic N) is 2. The van der Waals surface area contributed by atoms with Crippen molar-refractivity contribution in [1.82, 2.24) is 15.1 Å². The van der Waals surface area contributed by atoms with Gasteiger partial charge in [0.2, 0.25) is 5.91 Å². The molecule has 1 aliphatic rings. The minimum Gasteiger partial charge on any atom is -0.469 e. The molecule has 3 rings (SSSR count). The summed E-state index contributed by atoms with van der Waals surface area (Å²) in [5, 5.41) is 10.8. The van der Waals surface area contributed by atoms with Crippen LogP contribution in [0.25, 0.3) is 0 Å². The molecule has 1 aliphatic heterocycles. The van der Waals surface area contributed by atoms with E-state index in [-0.39, 0.29) is 18.4 Å². The van der Waals surface area contributed by atoms with Crippen LogP contribution in [0.2, 0.25) is 0 Å². The van der Waals surface area contributed by atoms with Gasteiger partial charge in [0.1, 0.15) is 11.6 Å². The molecule has 1 atom stereocenters. The Bertz CT molecular complexity index is 615. The van der Waals surface area contributed by atoms with Gasteiger partial charge in [-0.1, -0.05) is 0 Å². The van der Waals surface area contributed by atoms with Crippen molar-refractivity contribution in [1.29, 1.82) is 0 Å². The van der Waals surface area contributed by atoms with Gasteiger partial charge in [0, 0.05) is 19.2 Å². The fourth-order valence-corrected chi connectivity index (χ4v) is 2.66. The quantitative estimate of drug-likeness (QED) is 0.876. The normalized spacial score (nSPS) is 17.4. The predicted octanol–water partition coefficient (Wildman–Crippen LogP) is 1.02. The summed E-state index contributed by atoms with van der Waals surface area (Å²) < 4.78 is 7.03. The highest BCUT2D eigenvalue weighted by Crippen LogP contribution is 2.24. The highest BCUT2D eigenvalue weighted by atomic mass is 16.3. The van der Waals surface area contributed by atoms with Crippen LogP contribution < -0.4 is 10.6 Å². The van der Waals surface area contributed by atoms with Crippen LogP contribution in [0.1, 0.15) is 17.0 Å². The maximum atomic E-state index is 12.0. The molecule has 3 heterocycles. The molecule has 1 amide bonds. The van der Waals surface area contributed by atoms with Crippen molar-refractivity contribution in [3.8, 4) is 0 Å². The molecule has 0 saturated carbocycles. The Hall–Kier alpha value is -2.24. The fourth-order valence-electron chi connectivity index (χ4n) is 2.66. The number of amides is 1. The molecule has 20 heavy (non-hydrogen) atoms. The fraction of sp³-hybridized carbons (Fsp3) is 0.429. The second-order valence-electron chi connectivity index (χ2n) is 5.14. The highest BCUT2D eigenvalue weighted by Gasteiger charge is 2.24. The molecule has 2 N–H and O–H groups in total. The van der Waals surface area contributed by atoms with Crippen LogP contribution in [0.5, 0.6) is 0 Å². The third kappa shape index (κ3) is 2.41. The summed E-state index contributed by atoms with van der Waals surface area (Å²) in [5.41, 5.74) is 2.20. The molecule has 1 unspecified atom stereocenters. The Morgan fingerprint density at radius 2 is 2.50 bits per heavy atom. The Morgan fingerprint density at radius 1 is 1.65 bits per heavy atom. The summed E-state index contributed by atoms with van der Waals surface area (Å²) in [5.74, 6) is 1.72. The van der Waals surface area contributed by atoms with Crippen molar-refractivity contribution in [2.45, 2.75) is 25.8 Å². The molecule has 0 radical (unpaired) electrons. The van der Waals surface area contributed by atoms with E-state index in [2.05, 4.69) is 15.7 Å². The average molecular weight is 274 g/mol. The van der Waals surface area contributed by atoms with E-state index in [1.165, 1.54) is 5.56 Å². The van der Waals surface area contributed by atoms with Crippen molar-refractivity contribution in [2.75, 3.05) is 11.9 Å². The van der Waals surface area contributed by atoms with Crippen molar-refractivity contribution in [3.63, 3.8) is 0 Å². The molecule has 0 fully saturated rings. The number of aryl methyl sites for hydroxylation is 2. The maximum absolute atomic E-state index is 12.0. The van der Waals surface area contributed by atoms with Gasteiger partial charge in [0.15, 0.2) is 0 Å². The predicted molar refractivity (Wildman–Crippen MR) is 74.5 cm³/mol. The minimum absolute atomic E-state index is 0.0169. The largest absolute Gasteiger partial charge is 0.469 e. The van der Waals surface area contributed by atoms with Gasteiger partial charge in [-0.25, -0.2) is 0 Å². The van der Waals surface area contributed by atoms with E-state index >= 15 is 0 Å². The number of aromatic nitrogens is 2. The Labute approximate surface area is 117 Å². The van der Waals surface area contributed by atoms with Crippen LogP contribution in [-0.4, -0.2) is 28.3 Å². The summed E-state index contributed by atoms with van der Waals surface area (Å²) in [6.07, 6.45) is 2.67. The van der Waals surface area contributed by atoms with Crippen LogP contribution in [0.3, 0.4) is 0 Å². The molecule has 0 aliphatic carbocycles. The molecule has 6 nitrogen and oxygen atoms in total. The summed E-state index contributed by atoms with van der Waals surface area (Å²) in [4.78, 5) is 12.0. The maximum Gasteiger partial charge on any atom is 0.227 e. The summed E-state index contributed by atoms with van der Waals surface area (Å²) in [7, 11) is 1.93. The van der Waals surface area contributed by atoms with E-state index in [1.807, 2.05) is 24.7 Å². The molecule has 0 aromatic carbocycles. The van der Waals surface area contributed by atoms with Crippen molar-refractivity contribution in [2.24, 2.45) is 7.05 Å². The van der Waals surface area contributed by atoms with E-state index in [0.29, 0.717) is 5.76 Å². The molecule has 106 valence electrons. The molecule has 2 aromatic heterocycles. The van der Waals surface area contributed by atoms with Crippen molar-refractivity contribution < 1.29 is 9.21 Å². The second kappa shape index (κ2) is 5.03. The van der Waals surface area contributed by atoms with Gasteiger partial charge in [-0.15, -0.1) is 0 Å². The van der Waals surface area contributed by atoms with Gasteiger partial charge in [-0.3, -0.25) is 9.48 Å². The standard InChI is InChI=1S/C14H18N4O2/c1-9-12-6-10(8-15-14(12)18(2)17-9)16-13(19)7-11-4-3-5-20-11/h3-5,10,15H,6-8H2,1-2H3,(H,16,19). The first-order chi connectivity index (χ1) is 9.63. The summed E-state index contributed by atoms with van der Waals surface area (Å²) in [6.45, 7) is 2.71. The number of rotatable bonds is 3. The Morgan fingerprint density at radius 3 is 3.25 bits per heavy atom. The molecule has 6 heteroatoms. The lowest BCUT2D eigenvalue weighted by Gasteiger charge is -2.25. The van der Waals surface area contributed by atoms with E-state index in [0.717, 1.165) is 24.5 Å². The first-order valence-electron chi connectivity index (χ1n) is 6.71. The molecule has 2 aromatic rings. The minimum atomic E-state index is -0.0169. The second-order valence-corrected chi connectivity index (χ2v) is 5.14. The lowest BCUT2D eigenvalue weighted by atomic mass is 10.0. The van der Waals surface area contributed by atoms with Gasteiger partial charge >= 0.3 is 0 Å². The first-order valence-corrected chi connectivity index (χ1v) is 6.71. The van der Waals surface area contributed by atoms with Crippen LogP contribution in [0.15, 0.2) is 22.8 Å². The molecule has 0 saturated heterocycles. The Kier molecular flexibility index (Phi) is 3.22. The smallest absolute Gasteiger partial charge is 0.227 e. The van der Waals surface area contributed by atoms with Crippen LogP contribution in [0, 0.1) is 6.92 Å². The van der Waals surface area contributed by atoms with Crippen molar-refractivity contribution in [3.05, 3.63) is 35.4 Å². The van der Waals surface area contributed by atoms with Gasteiger partial charge < -0.3 is 15.1 Å². The van der Waals surface area contributed by atoms with Crippen LogP contribution in [-0.2, 0) is 24.7 Å². The average Bonchev–Trinajstić information content (AvgIpc) is 2.99. The number of hydrogen-bond acceptors (Lipinski definition) is 4. The number of fused-ring (bicyclic) bond motifs is 1. The van der Waals surface area contributed by atoms with E-state index in [4.69, 9.17) is 4.42 Å². The van der Waals surface area contributed by atoms with Crippen LogP contribution >= 0.6 is 0 Å². The zero-order valence-corrected chi connectivity index (χ0v) is 11.6. The lowest BCUT2D eigenvalue weighted by Crippen LogP contribution is -2.44. The van der Waals surface area contributed by atoms with Gasteiger partial charge in [0.25, 0.3) is 0 Å². The molecular formula is C14H18N4O2. The Balaban J connectivity index is 1.63. The molecule has 0 bridgehead atoms. The number of anilines is 1. The number of carbonyl (C=O) groups is 1. The highest BCUT2D eigenvalue weighted by molar-refractivity contribution is 5.78. The van der Waals surface area contributed by atoms with Gasteiger partial charge in [-0.05, 0) is 25.5 Å². The number of hydrogen-bond donors (Lipinski definition) is 2. The number of furan rings is 1.